The highest BCUT2D eigenvalue weighted by molar-refractivity contribution is 5.83. The molecule has 7 nitrogen and oxygen atoms in total. The van der Waals surface area contributed by atoms with Gasteiger partial charge in [-0.25, -0.2) is 0 Å². The number of carbonyl (C=O) groups is 2. The first kappa shape index (κ1) is 20.3. The van der Waals surface area contributed by atoms with Crippen molar-refractivity contribution in [2.24, 2.45) is 11.8 Å². The highest BCUT2D eigenvalue weighted by Crippen LogP contribution is 2.38. The van der Waals surface area contributed by atoms with Crippen LogP contribution in [0.25, 0.3) is 0 Å². The van der Waals surface area contributed by atoms with Crippen molar-refractivity contribution in [1.82, 2.24) is 10.2 Å². The number of amides is 2. The lowest BCUT2D eigenvalue weighted by molar-refractivity contribution is -0.137. The molecule has 7 heteroatoms. The molecule has 2 aliphatic rings. The van der Waals surface area contributed by atoms with Crippen LogP contribution < -0.4 is 14.8 Å². The number of piperidine rings is 1. The molecule has 0 bridgehead atoms. The summed E-state index contributed by atoms with van der Waals surface area (Å²) in [6, 6.07) is 9.45. The highest BCUT2D eigenvalue weighted by atomic mass is 16.5. The van der Waals surface area contributed by atoms with Gasteiger partial charge in [-0.05, 0) is 49.1 Å². The van der Waals surface area contributed by atoms with Gasteiger partial charge in [-0.1, -0.05) is 6.07 Å². The Hall–Kier alpha value is -2.96. The predicted octanol–water partition coefficient (Wildman–Crippen LogP) is 2.96. The number of carbonyl (C=O) groups excluding carboxylic acids is 2. The topological polar surface area (TPSA) is 81.0 Å². The van der Waals surface area contributed by atoms with Crippen LogP contribution in [0.4, 0.5) is 0 Å². The summed E-state index contributed by atoms with van der Waals surface area (Å²) in [5.41, 5.74) is 1.05. The number of rotatable bonds is 7. The van der Waals surface area contributed by atoms with Crippen molar-refractivity contribution < 1.29 is 23.5 Å². The van der Waals surface area contributed by atoms with Gasteiger partial charge in [-0.2, -0.15) is 0 Å². The SMILES string of the molecule is COc1ccc(C2CC(C(=O)NCc3ccco3)CN(C(=O)C3CC3)C2)cc1OC. The first-order valence-corrected chi connectivity index (χ1v) is 10.4. The van der Waals surface area contributed by atoms with Crippen LogP contribution in [0.15, 0.2) is 41.0 Å². The summed E-state index contributed by atoms with van der Waals surface area (Å²) in [5.74, 6) is 2.06. The molecule has 2 fully saturated rings. The van der Waals surface area contributed by atoms with E-state index >= 15 is 0 Å². The van der Waals surface area contributed by atoms with Gasteiger partial charge in [0.2, 0.25) is 11.8 Å². The van der Waals surface area contributed by atoms with Gasteiger partial charge >= 0.3 is 0 Å². The molecule has 160 valence electrons. The number of nitrogens with zero attached hydrogens (tertiary/aromatic N) is 1. The van der Waals surface area contributed by atoms with Gasteiger partial charge in [0, 0.05) is 24.9 Å². The molecule has 2 amide bonds. The van der Waals surface area contributed by atoms with Crippen molar-refractivity contribution in [1.29, 1.82) is 0 Å². The number of likely N-dealkylation sites (tertiary alicyclic amines) is 1. The third-order valence-corrected chi connectivity index (χ3v) is 5.96. The summed E-state index contributed by atoms with van der Waals surface area (Å²) in [6.45, 7) is 1.43. The molecule has 0 radical (unpaired) electrons. The molecule has 1 aliphatic heterocycles. The smallest absolute Gasteiger partial charge is 0.225 e. The standard InChI is InChI=1S/C23H28N2O5/c1-28-20-8-7-16(11-21(20)29-2)17-10-18(14-25(13-17)23(27)15-5-6-15)22(26)24-12-19-4-3-9-30-19/h3-4,7-9,11,15,17-18H,5-6,10,12-14H2,1-2H3,(H,24,26). The fourth-order valence-electron chi connectivity index (χ4n) is 4.14. The second-order valence-corrected chi connectivity index (χ2v) is 8.06. The maximum Gasteiger partial charge on any atom is 0.225 e. The lowest BCUT2D eigenvalue weighted by Gasteiger charge is -2.37. The monoisotopic (exact) mass is 412 g/mol. The molecule has 1 saturated heterocycles. The van der Waals surface area contributed by atoms with E-state index in [9.17, 15) is 9.59 Å². The van der Waals surface area contributed by atoms with Crippen LogP contribution >= 0.6 is 0 Å². The van der Waals surface area contributed by atoms with E-state index in [2.05, 4.69) is 5.32 Å². The number of hydrogen-bond donors (Lipinski definition) is 1. The molecule has 1 aromatic carbocycles. The zero-order chi connectivity index (χ0) is 21.1. The fraction of sp³-hybridized carbons (Fsp3) is 0.478. The normalized spacial score (nSPS) is 21.2. The van der Waals surface area contributed by atoms with Crippen molar-refractivity contribution in [2.45, 2.75) is 31.7 Å². The Morgan fingerprint density at radius 1 is 1.10 bits per heavy atom. The molecule has 1 saturated carbocycles. The molecular weight excluding hydrogens is 384 g/mol. The van der Waals surface area contributed by atoms with Gasteiger partial charge in [0.15, 0.2) is 11.5 Å². The van der Waals surface area contributed by atoms with Crippen molar-refractivity contribution >= 4 is 11.8 Å². The number of benzene rings is 1. The number of ether oxygens (including phenoxy) is 2. The van der Waals surface area contributed by atoms with E-state index in [1.807, 2.05) is 29.2 Å². The summed E-state index contributed by atoms with van der Waals surface area (Å²) in [4.78, 5) is 27.6. The summed E-state index contributed by atoms with van der Waals surface area (Å²) in [5, 5.41) is 2.96. The Morgan fingerprint density at radius 2 is 1.90 bits per heavy atom. The molecule has 2 heterocycles. The second kappa shape index (κ2) is 8.81. The van der Waals surface area contributed by atoms with Gasteiger partial charge < -0.3 is 24.1 Å². The largest absolute Gasteiger partial charge is 0.493 e. The molecule has 1 aromatic heterocycles. The van der Waals surface area contributed by atoms with Gasteiger partial charge in [-0.15, -0.1) is 0 Å². The number of methoxy groups -OCH3 is 2. The maximum atomic E-state index is 12.9. The van der Waals surface area contributed by atoms with Gasteiger partial charge in [-0.3, -0.25) is 9.59 Å². The van der Waals surface area contributed by atoms with Crippen molar-refractivity contribution in [3.05, 3.63) is 47.9 Å². The first-order chi connectivity index (χ1) is 14.6. The molecule has 30 heavy (non-hydrogen) atoms. The van der Waals surface area contributed by atoms with E-state index in [0.29, 0.717) is 43.3 Å². The average Bonchev–Trinajstić information content (AvgIpc) is 3.51. The Balaban J connectivity index is 1.52. The van der Waals surface area contributed by atoms with Gasteiger partial charge in [0.05, 0.1) is 32.9 Å². The first-order valence-electron chi connectivity index (χ1n) is 10.4. The van der Waals surface area contributed by atoms with Crippen LogP contribution in [0.1, 0.15) is 36.5 Å². The van der Waals surface area contributed by atoms with Gasteiger partial charge in [0.25, 0.3) is 0 Å². The molecule has 1 aliphatic carbocycles. The molecule has 0 spiro atoms. The van der Waals surface area contributed by atoms with E-state index in [-0.39, 0.29) is 29.6 Å². The average molecular weight is 412 g/mol. The minimum atomic E-state index is -0.269. The summed E-state index contributed by atoms with van der Waals surface area (Å²) in [6.07, 6.45) is 4.16. The van der Waals surface area contributed by atoms with E-state index in [1.165, 1.54) is 0 Å². The van der Waals surface area contributed by atoms with Crippen LogP contribution in [0, 0.1) is 11.8 Å². The van der Waals surface area contributed by atoms with Crippen LogP contribution in [0.2, 0.25) is 0 Å². The zero-order valence-corrected chi connectivity index (χ0v) is 17.4. The molecule has 2 atom stereocenters. The van der Waals surface area contributed by atoms with E-state index in [1.54, 1.807) is 26.5 Å². The Bertz CT molecular complexity index is 891. The highest BCUT2D eigenvalue weighted by Gasteiger charge is 2.40. The Kier molecular flexibility index (Phi) is 5.97. The number of nitrogens with one attached hydrogen (secondary N) is 1. The third kappa shape index (κ3) is 4.45. The fourth-order valence-corrected chi connectivity index (χ4v) is 4.14. The Labute approximate surface area is 176 Å². The quantitative estimate of drug-likeness (QED) is 0.756. The van der Waals surface area contributed by atoms with Crippen LogP contribution in [0.5, 0.6) is 11.5 Å². The molecule has 2 aromatic rings. The van der Waals surface area contributed by atoms with E-state index in [0.717, 1.165) is 18.4 Å². The summed E-state index contributed by atoms with van der Waals surface area (Å²) < 4.78 is 16.1. The number of hydrogen-bond acceptors (Lipinski definition) is 5. The minimum absolute atomic E-state index is 0.0508. The van der Waals surface area contributed by atoms with E-state index in [4.69, 9.17) is 13.9 Å². The maximum absolute atomic E-state index is 12.9. The predicted molar refractivity (Wildman–Crippen MR) is 110 cm³/mol. The molecule has 4 rings (SSSR count). The summed E-state index contributed by atoms with van der Waals surface area (Å²) in [7, 11) is 3.21. The van der Waals surface area contributed by atoms with E-state index < -0.39 is 0 Å². The molecule has 1 N–H and O–H groups in total. The van der Waals surface area contributed by atoms with Crippen LogP contribution in [-0.4, -0.2) is 44.0 Å². The third-order valence-electron chi connectivity index (χ3n) is 5.96. The lowest BCUT2D eigenvalue weighted by atomic mass is 9.83. The van der Waals surface area contributed by atoms with Crippen LogP contribution in [-0.2, 0) is 16.1 Å². The zero-order valence-electron chi connectivity index (χ0n) is 17.4. The Morgan fingerprint density at radius 3 is 2.57 bits per heavy atom. The van der Waals surface area contributed by atoms with Gasteiger partial charge in [0.1, 0.15) is 5.76 Å². The van der Waals surface area contributed by atoms with Crippen molar-refractivity contribution in [3.63, 3.8) is 0 Å². The van der Waals surface area contributed by atoms with Crippen molar-refractivity contribution in [3.8, 4) is 11.5 Å². The summed E-state index contributed by atoms with van der Waals surface area (Å²) >= 11 is 0. The van der Waals surface area contributed by atoms with Crippen LogP contribution in [0.3, 0.4) is 0 Å². The molecular formula is C23H28N2O5. The minimum Gasteiger partial charge on any atom is -0.493 e. The van der Waals surface area contributed by atoms with Crippen molar-refractivity contribution in [2.75, 3.05) is 27.3 Å². The lowest BCUT2D eigenvalue weighted by Crippen LogP contribution is -2.48. The number of furan rings is 1. The second-order valence-electron chi connectivity index (χ2n) is 8.06. The molecule has 2 unspecified atom stereocenters.